The van der Waals surface area contributed by atoms with Gasteiger partial charge in [-0.2, -0.15) is 5.48 Å². The summed E-state index contributed by atoms with van der Waals surface area (Å²) in [6.45, 7) is 7.76. The van der Waals surface area contributed by atoms with Crippen molar-refractivity contribution in [3.8, 4) is 0 Å². The zero-order valence-electron chi connectivity index (χ0n) is 9.54. The number of halogens is 1. The monoisotopic (exact) mass is 212 g/mol. The second-order valence-electron chi connectivity index (χ2n) is 4.46. The lowest BCUT2D eigenvalue weighted by Crippen LogP contribution is -2.31. The van der Waals surface area contributed by atoms with Crippen LogP contribution >= 0.6 is 0 Å². The molecule has 4 heteroatoms. The van der Waals surface area contributed by atoms with Crippen molar-refractivity contribution in [3.05, 3.63) is 29.8 Å². The first-order chi connectivity index (χ1) is 6.88. The molecule has 1 aromatic heterocycles. The number of pyridine rings is 1. The number of aromatic nitrogens is 1. The van der Waals surface area contributed by atoms with Crippen LogP contribution in [0.2, 0.25) is 0 Å². The molecule has 1 atom stereocenters. The number of nitrogens with zero attached hydrogens (tertiary/aromatic N) is 1. The van der Waals surface area contributed by atoms with Gasteiger partial charge in [0.2, 0.25) is 0 Å². The van der Waals surface area contributed by atoms with Crippen LogP contribution in [0.1, 0.15) is 39.4 Å². The lowest BCUT2D eigenvalue weighted by molar-refractivity contribution is -0.0871. The summed E-state index contributed by atoms with van der Waals surface area (Å²) in [5.41, 5.74) is 3.37. The first-order valence-electron chi connectivity index (χ1n) is 4.93. The van der Waals surface area contributed by atoms with Crippen LogP contribution in [0.15, 0.2) is 18.3 Å². The van der Waals surface area contributed by atoms with Crippen molar-refractivity contribution in [2.24, 2.45) is 0 Å². The second kappa shape index (κ2) is 4.68. The van der Waals surface area contributed by atoms with Crippen LogP contribution < -0.4 is 5.48 Å². The first kappa shape index (κ1) is 12.1. The number of rotatable bonds is 3. The summed E-state index contributed by atoms with van der Waals surface area (Å²) in [5.74, 6) is -0.331. The van der Waals surface area contributed by atoms with Gasteiger partial charge < -0.3 is 0 Å². The van der Waals surface area contributed by atoms with Crippen molar-refractivity contribution in [1.82, 2.24) is 10.5 Å². The predicted molar refractivity (Wildman–Crippen MR) is 56.6 cm³/mol. The van der Waals surface area contributed by atoms with E-state index >= 15 is 0 Å². The maximum atomic E-state index is 12.6. The highest BCUT2D eigenvalue weighted by atomic mass is 19.1. The van der Waals surface area contributed by atoms with Crippen LogP contribution in [-0.4, -0.2) is 10.6 Å². The minimum atomic E-state index is -0.331. The summed E-state index contributed by atoms with van der Waals surface area (Å²) in [7, 11) is 0. The number of hydroxylamine groups is 1. The summed E-state index contributed by atoms with van der Waals surface area (Å²) in [4.78, 5) is 9.35. The molecule has 0 aliphatic carbocycles. The summed E-state index contributed by atoms with van der Waals surface area (Å²) in [6.07, 6.45) is 1.20. The van der Waals surface area contributed by atoms with Gasteiger partial charge in [0.1, 0.15) is 5.82 Å². The standard InChI is InChI=1S/C11H17FN2O/c1-8(14-15-11(2,3)4)10-6-5-9(12)7-13-10/h5-8,14H,1-4H3. The Labute approximate surface area is 89.6 Å². The molecule has 1 rings (SSSR count). The maximum Gasteiger partial charge on any atom is 0.141 e. The Balaban J connectivity index is 2.54. The third kappa shape index (κ3) is 4.36. The van der Waals surface area contributed by atoms with Gasteiger partial charge >= 0.3 is 0 Å². The van der Waals surface area contributed by atoms with Crippen LogP contribution in [0.4, 0.5) is 4.39 Å². The average molecular weight is 212 g/mol. The number of nitrogens with one attached hydrogen (secondary N) is 1. The van der Waals surface area contributed by atoms with Crippen LogP contribution in [0.3, 0.4) is 0 Å². The fraction of sp³-hybridized carbons (Fsp3) is 0.545. The zero-order valence-corrected chi connectivity index (χ0v) is 9.54. The Morgan fingerprint density at radius 1 is 1.40 bits per heavy atom. The van der Waals surface area contributed by atoms with Crippen LogP contribution in [0, 0.1) is 5.82 Å². The quantitative estimate of drug-likeness (QED) is 0.782. The fourth-order valence-electron chi connectivity index (χ4n) is 0.969. The van der Waals surface area contributed by atoms with Crippen LogP contribution in [0.5, 0.6) is 0 Å². The summed E-state index contributed by atoms with van der Waals surface area (Å²) < 4.78 is 12.6. The third-order valence-corrected chi connectivity index (χ3v) is 1.74. The molecule has 0 spiro atoms. The molecule has 0 bridgehead atoms. The largest absolute Gasteiger partial charge is 0.295 e. The normalized spacial score (nSPS) is 13.9. The van der Waals surface area contributed by atoms with Gasteiger partial charge in [-0.15, -0.1) is 0 Å². The minimum Gasteiger partial charge on any atom is -0.295 e. The maximum absolute atomic E-state index is 12.6. The van der Waals surface area contributed by atoms with Crippen molar-refractivity contribution >= 4 is 0 Å². The molecule has 0 aromatic carbocycles. The summed E-state index contributed by atoms with van der Waals surface area (Å²) in [6, 6.07) is 2.96. The highest BCUT2D eigenvalue weighted by Gasteiger charge is 2.14. The van der Waals surface area contributed by atoms with E-state index in [1.807, 2.05) is 27.7 Å². The van der Waals surface area contributed by atoms with Crippen LogP contribution in [-0.2, 0) is 4.84 Å². The van der Waals surface area contributed by atoms with E-state index in [1.54, 1.807) is 6.07 Å². The molecule has 0 radical (unpaired) electrons. The van der Waals surface area contributed by atoms with Gasteiger partial charge in [-0.3, -0.25) is 9.82 Å². The highest BCUT2D eigenvalue weighted by Crippen LogP contribution is 2.12. The lowest BCUT2D eigenvalue weighted by atomic mass is 10.2. The molecule has 0 aliphatic rings. The van der Waals surface area contributed by atoms with Crippen molar-refractivity contribution in [2.45, 2.75) is 39.3 Å². The van der Waals surface area contributed by atoms with E-state index in [0.29, 0.717) is 0 Å². The minimum absolute atomic E-state index is 0.0650. The Morgan fingerprint density at radius 3 is 2.53 bits per heavy atom. The predicted octanol–water partition coefficient (Wildman–Crippen LogP) is 2.60. The van der Waals surface area contributed by atoms with E-state index in [4.69, 9.17) is 4.84 Å². The Morgan fingerprint density at radius 2 is 2.07 bits per heavy atom. The molecule has 0 aliphatic heterocycles. The molecular weight excluding hydrogens is 195 g/mol. The van der Waals surface area contributed by atoms with E-state index < -0.39 is 0 Å². The van der Waals surface area contributed by atoms with Gasteiger partial charge in [-0.1, -0.05) is 0 Å². The van der Waals surface area contributed by atoms with Gasteiger partial charge in [-0.05, 0) is 39.8 Å². The molecule has 0 fully saturated rings. The summed E-state index contributed by atoms with van der Waals surface area (Å²) >= 11 is 0. The molecule has 1 N–H and O–H groups in total. The van der Waals surface area contributed by atoms with E-state index in [9.17, 15) is 4.39 Å². The molecule has 1 heterocycles. The Kier molecular flexibility index (Phi) is 3.77. The topological polar surface area (TPSA) is 34.1 Å². The van der Waals surface area contributed by atoms with Crippen molar-refractivity contribution in [3.63, 3.8) is 0 Å². The highest BCUT2D eigenvalue weighted by molar-refractivity contribution is 5.08. The molecule has 3 nitrogen and oxygen atoms in total. The lowest BCUT2D eigenvalue weighted by Gasteiger charge is -2.22. The van der Waals surface area contributed by atoms with Crippen molar-refractivity contribution in [2.75, 3.05) is 0 Å². The summed E-state index contributed by atoms with van der Waals surface area (Å²) in [5, 5.41) is 0. The van der Waals surface area contributed by atoms with Crippen molar-refractivity contribution < 1.29 is 9.23 Å². The number of hydrogen-bond donors (Lipinski definition) is 1. The SMILES string of the molecule is CC(NOC(C)(C)C)c1ccc(F)cn1. The molecule has 1 unspecified atom stereocenters. The van der Waals surface area contributed by atoms with E-state index in [-0.39, 0.29) is 17.5 Å². The van der Waals surface area contributed by atoms with Gasteiger partial charge in [0, 0.05) is 0 Å². The molecule has 1 aromatic rings. The molecular formula is C11H17FN2O. The van der Waals surface area contributed by atoms with Gasteiger partial charge in [0.15, 0.2) is 0 Å². The molecule has 0 saturated heterocycles. The molecule has 84 valence electrons. The second-order valence-corrected chi connectivity index (χ2v) is 4.46. The Hall–Kier alpha value is -1.00. The Bertz CT molecular complexity index is 305. The van der Waals surface area contributed by atoms with E-state index in [1.165, 1.54) is 12.3 Å². The first-order valence-corrected chi connectivity index (χ1v) is 4.93. The zero-order chi connectivity index (χ0) is 11.5. The molecule has 0 saturated carbocycles. The molecule has 15 heavy (non-hydrogen) atoms. The van der Waals surface area contributed by atoms with E-state index in [0.717, 1.165) is 5.69 Å². The number of hydrogen-bond acceptors (Lipinski definition) is 3. The van der Waals surface area contributed by atoms with Crippen LogP contribution in [0.25, 0.3) is 0 Å². The van der Waals surface area contributed by atoms with E-state index in [2.05, 4.69) is 10.5 Å². The van der Waals surface area contributed by atoms with Crippen molar-refractivity contribution in [1.29, 1.82) is 0 Å². The van der Waals surface area contributed by atoms with Gasteiger partial charge in [0.25, 0.3) is 0 Å². The average Bonchev–Trinajstić information content (AvgIpc) is 2.14. The smallest absolute Gasteiger partial charge is 0.141 e. The van der Waals surface area contributed by atoms with Gasteiger partial charge in [0.05, 0.1) is 23.5 Å². The fourth-order valence-corrected chi connectivity index (χ4v) is 0.969. The third-order valence-electron chi connectivity index (χ3n) is 1.74. The molecule has 0 amide bonds. The van der Waals surface area contributed by atoms with Gasteiger partial charge in [-0.25, -0.2) is 4.39 Å².